The number of nitrogens with zero attached hydrogens (tertiary/aromatic N) is 1. The van der Waals surface area contributed by atoms with E-state index in [1.54, 1.807) is 30.5 Å². The van der Waals surface area contributed by atoms with Gasteiger partial charge in [0.15, 0.2) is 6.61 Å². The quantitative estimate of drug-likeness (QED) is 0.435. The molecule has 0 saturated carbocycles. The van der Waals surface area contributed by atoms with E-state index in [0.717, 1.165) is 22.3 Å². The lowest BCUT2D eigenvalue weighted by molar-refractivity contribution is -0.139. The van der Waals surface area contributed by atoms with E-state index in [1.807, 2.05) is 24.3 Å². The predicted octanol–water partition coefficient (Wildman–Crippen LogP) is 5.06. The normalized spacial score (nSPS) is 12.1. The van der Waals surface area contributed by atoms with Gasteiger partial charge in [0.1, 0.15) is 17.9 Å². The molecule has 1 aliphatic rings. The first-order valence-corrected chi connectivity index (χ1v) is 10.5. The zero-order chi connectivity index (χ0) is 22.8. The summed E-state index contributed by atoms with van der Waals surface area (Å²) in [6.45, 7) is -0.277. The van der Waals surface area contributed by atoms with E-state index < -0.39 is 18.7 Å². The highest BCUT2D eigenvalue weighted by Gasteiger charge is 2.29. The van der Waals surface area contributed by atoms with Crippen LogP contribution in [-0.4, -0.2) is 35.4 Å². The minimum Gasteiger partial charge on any atom is -0.480 e. The van der Waals surface area contributed by atoms with Crippen molar-refractivity contribution in [3.8, 4) is 16.9 Å². The summed E-state index contributed by atoms with van der Waals surface area (Å²) in [6.07, 6.45) is 0.994. The molecule has 33 heavy (non-hydrogen) atoms. The van der Waals surface area contributed by atoms with Crippen LogP contribution in [0.15, 0.2) is 79.0 Å². The van der Waals surface area contributed by atoms with Crippen LogP contribution in [0.25, 0.3) is 22.0 Å². The van der Waals surface area contributed by atoms with Crippen LogP contribution in [0.4, 0.5) is 10.5 Å². The molecule has 1 amide bonds. The van der Waals surface area contributed by atoms with Crippen molar-refractivity contribution in [1.29, 1.82) is 0 Å². The molecule has 0 bridgehead atoms. The topological polar surface area (TPSA) is 97.8 Å². The summed E-state index contributed by atoms with van der Waals surface area (Å²) < 4.78 is 10.9. The summed E-state index contributed by atoms with van der Waals surface area (Å²) in [5.41, 5.74) is 5.56. The van der Waals surface area contributed by atoms with Crippen molar-refractivity contribution in [2.75, 3.05) is 18.5 Å². The maximum atomic E-state index is 12.7. The summed E-state index contributed by atoms with van der Waals surface area (Å²) in [5, 5.41) is 12.3. The van der Waals surface area contributed by atoms with Crippen molar-refractivity contribution in [1.82, 2.24) is 4.98 Å². The van der Waals surface area contributed by atoms with E-state index in [0.29, 0.717) is 22.3 Å². The highest BCUT2D eigenvalue weighted by Crippen LogP contribution is 2.44. The van der Waals surface area contributed by atoms with Crippen LogP contribution in [0.5, 0.6) is 5.75 Å². The SMILES string of the molecule is O=C(O)COc1ccc(NC(=O)OCC2c3ccccc3-c3ccccc32)c2cccnc12. The fraction of sp³-hybridized carbons (Fsp3) is 0.115. The fourth-order valence-electron chi connectivity index (χ4n) is 4.26. The Hall–Kier alpha value is -4.39. The van der Waals surface area contributed by atoms with Crippen molar-refractivity contribution in [2.24, 2.45) is 0 Å². The third-order valence-electron chi connectivity index (χ3n) is 5.66. The van der Waals surface area contributed by atoms with Crippen LogP contribution < -0.4 is 10.1 Å². The predicted molar refractivity (Wildman–Crippen MR) is 124 cm³/mol. The Bertz CT molecular complexity index is 1320. The Kier molecular flexibility index (Phi) is 5.36. The minimum absolute atomic E-state index is 0.0339. The van der Waals surface area contributed by atoms with E-state index in [1.165, 1.54) is 0 Å². The number of aliphatic carboxylic acids is 1. The number of aromatic nitrogens is 1. The number of carbonyl (C=O) groups excluding carboxylic acids is 1. The van der Waals surface area contributed by atoms with Gasteiger partial charge in [-0.15, -0.1) is 0 Å². The van der Waals surface area contributed by atoms with Gasteiger partial charge in [-0.05, 0) is 46.5 Å². The molecule has 0 radical (unpaired) electrons. The Morgan fingerprint density at radius 3 is 2.30 bits per heavy atom. The van der Waals surface area contributed by atoms with Gasteiger partial charge in [0.05, 0.1) is 5.69 Å². The maximum Gasteiger partial charge on any atom is 0.411 e. The van der Waals surface area contributed by atoms with Crippen LogP contribution in [-0.2, 0) is 9.53 Å². The lowest BCUT2D eigenvalue weighted by Crippen LogP contribution is -2.18. The number of hydrogen-bond donors (Lipinski definition) is 2. The number of carboxylic acid groups (broad SMARTS) is 1. The average molecular weight is 440 g/mol. The number of benzene rings is 3. The van der Waals surface area contributed by atoms with Gasteiger partial charge in [-0.1, -0.05) is 48.5 Å². The molecule has 1 heterocycles. The van der Waals surface area contributed by atoms with Gasteiger partial charge in [0.2, 0.25) is 0 Å². The Morgan fingerprint density at radius 2 is 1.61 bits per heavy atom. The number of carbonyl (C=O) groups is 2. The fourth-order valence-corrected chi connectivity index (χ4v) is 4.26. The molecule has 0 fully saturated rings. The molecule has 0 saturated heterocycles. The third-order valence-corrected chi connectivity index (χ3v) is 5.66. The van der Waals surface area contributed by atoms with E-state index in [-0.39, 0.29) is 12.5 Å². The van der Waals surface area contributed by atoms with Gasteiger partial charge < -0.3 is 14.6 Å². The van der Waals surface area contributed by atoms with E-state index in [2.05, 4.69) is 34.6 Å². The molecule has 1 aliphatic carbocycles. The molecule has 3 aromatic carbocycles. The highest BCUT2D eigenvalue weighted by molar-refractivity contribution is 6.01. The number of nitrogens with one attached hydrogen (secondary N) is 1. The summed E-state index contributed by atoms with van der Waals surface area (Å²) >= 11 is 0. The molecule has 164 valence electrons. The van der Waals surface area contributed by atoms with Gasteiger partial charge in [-0.25, -0.2) is 9.59 Å². The van der Waals surface area contributed by atoms with Crippen molar-refractivity contribution in [3.63, 3.8) is 0 Å². The standard InChI is InChI=1S/C26H20N2O5/c29-24(30)15-32-23-12-11-22(20-10-5-13-27-25(20)23)28-26(31)33-14-21-18-8-3-1-6-16(18)17-7-2-4-9-19(17)21/h1-13,21H,14-15H2,(H,28,31)(H,29,30). The summed E-state index contributed by atoms with van der Waals surface area (Å²) in [4.78, 5) is 27.8. The lowest BCUT2D eigenvalue weighted by Gasteiger charge is -2.15. The van der Waals surface area contributed by atoms with Crippen molar-refractivity contribution in [2.45, 2.75) is 5.92 Å². The van der Waals surface area contributed by atoms with Crippen LogP contribution in [0.2, 0.25) is 0 Å². The average Bonchev–Trinajstić information content (AvgIpc) is 3.16. The number of ether oxygens (including phenoxy) is 2. The molecule has 4 aromatic rings. The van der Waals surface area contributed by atoms with Crippen LogP contribution >= 0.6 is 0 Å². The van der Waals surface area contributed by atoms with Gasteiger partial charge in [-0.3, -0.25) is 10.3 Å². The van der Waals surface area contributed by atoms with Crippen LogP contribution in [0, 0.1) is 0 Å². The van der Waals surface area contributed by atoms with Gasteiger partial charge in [0, 0.05) is 17.5 Å². The summed E-state index contributed by atoms with van der Waals surface area (Å²) in [5.74, 6) is -0.792. The molecular weight excluding hydrogens is 420 g/mol. The molecule has 1 aromatic heterocycles. The van der Waals surface area contributed by atoms with Gasteiger partial charge in [0.25, 0.3) is 0 Å². The van der Waals surface area contributed by atoms with Crippen molar-refractivity contribution >= 4 is 28.7 Å². The summed E-state index contributed by atoms with van der Waals surface area (Å²) in [7, 11) is 0. The molecule has 0 aliphatic heterocycles. The zero-order valence-electron chi connectivity index (χ0n) is 17.5. The second kappa shape index (κ2) is 8.63. The second-order valence-electron chi connectivity index (χ2n) is 7.64. The first kappa shape index (κ1) is 20.5. The molecule has 0 atom stereocenters. The molecule has 2 N–H and O–H groups in total. The first-order chi connectivity index (χ1) is 16.1. The monoisotopic (exact) mass is 440 g/mol. The maximum absolute atomic E-state index is 12.7. The first-order valence-electron chi connectivity index (χ1n) is 10.5. The van der Waals surface area contributed by atoms with Gasteiger partial charge in [-0.2, -0.15) is 0 Å². The largest absolute Gasteiger partial charge is 0.480 e. The number of amides is 1. The molecule has 0 spiro atoms. The van der Waals surface area contributed by atoms with Crippen molar-refractivity contribution in [3.05, 3.63) is 90.1 Å². The molecule has 0 unspecified atom stereocenters. The number of rotatable bonds is 6. The number of carboxylic acids is 1. The molecular formula is C26H20N2O5. The smallest absolute Gasteiger partial charge is 0.411 e. The van der Waals surface area contributed by atoms with Gasteiger partial charge >= 0.3 is 12.1 Å². The Morgan fingerprint density at radius 1 is 0.909 bits per heavy atom. The molecule has 7 heteroatoms. The minimum atomic E-state index is -1.08. The molecule has 7 nitrogen and oxygen atoms in total. The molecule has 5 rings (SSSR count). The number of anilines is 1. The number of hydrogen-bond acceptors (Lipinski definition) is 5. The number of pyridine rings is 1. The van der Waals surface area contributed by atoms with Crippen LogP contribution in [0.1, 0.15) is 17.0 Å². The van der Waals surface area contributed by atoms with E-state index in [9.17, 15) is 9.59 Å². The number of fused-ring (bicyclic) bond motifs is 4. The van der Waals surface area contributed by atoms with Crippen LogP contribution in [0.3, 0.4) is 0 Å². The van der Waals surface area contributed by atoms with E-state index >= 15 is 0 Å². The summed E-state index contributed by atoms with van der Waals surface area (Å²) in [6, 6.07) is 23.0. The highest BCUT2D eigenvalue weighted by atomic mass is 16.5. The Labute approximate surface area is 189 Å². The zero-order valence-corrected chi connectivity index (χ0v) is 17.5. The lowest BCUT2D eigenvalue weighted by atomic mass is 9.98. The third kappa shape index (κ3) is 3.96. The second-order valence-corrected chi connectivity index (χ2v) is 7.64. The van der Waals surface area contributed by atoms with Crippen molar-refractivity contribution < 1.29 is 24.2 Å². The van der Waals surface area contributed by atoms with E-state index in [4.69, 9.17) is 14.6 Å². The Balaban J connectivity index is 1.33.